The summed E-state index contributed by atoms with van der Waals surface area (Å²) in [5.41, 5.74) is 0. The second-order valence-electron chi connectivity index (χ2n) is 4.93. The van der Waals surface area contributed by atoms with Crippen molar-refractivity contribution in [2.24, 2.45) is 0 Å². The van der Waals surface area contributed by atoms with Gasteiger partial charge in [0.1, 0.15) is 0 Å². The van der Waals surface area contributed by atoms with Crippen LogP contribution >= 0.6 is 0 Å². The van der Waals surface area contributed by atoms with Gasteiger partial charge in [0.2, 0.25) is 5.91 Å². The normalized spacial score (nSPS) is 8.19. The van der Waals surface area contributed by atoms with Crippen LogP contribution in [-0.2, 0) is 4.79 Å². The maximum atomic E-state index is 9.70. The fourth-order valence-electron chi connectivity index (χ4n) is 1.35. The van der Waals surface area contributed by atoms with Crippen LogP contribution < -0.4 is 5.32 Å². The number of unbranched alkanes of at least 4 members (excludes halogenated alkanes) is 8. The lowest BCUT2D eigenvalue weighted by Gasteiger charge is -1.90. The van der Waals surface area contributed by atoms with Crippen molar-refractivity contribution < 1.29 is 4.79 Å². The zero-order valence-electron chi connectivity index (χ0n) is 16.5. The summed E-state index contributed by atoms with van der Waals surface area (Å²) in [5, 5.41) is 2.39. The van der Waals surface area contributed by atoms with E-state index < -0.39 is 0 Å². The van der Waals surface area contributed by atoms with Gasteiger partial charge in [-0.15, -0.1) is 0 Å². The number of nitrogens with one attached hydrogen (secondary N) is 1. The molecule has 132 valence electrons. The number of rotatable bonds is 8. The molecule has 21 heavy (non-hydrogen) atoms. The van der Waals surface area contributed by atoms with E-state index in [0.717, 1.165) is 0 Å². The molecule has 0 aromatic heterocycles. The molecule has 0 saturated heterocycles. The van der Waals surface area contributed by atoms with E-state index in [4.69, 9.17) is 0 Å². The van der Waals surface area contributed by atoms with E-state index in [-0.39, 0.29) is 5.91 Å². The van der Waals surface area contributed by atoms with Crippen molar-refractivity contribution in [3.63, 3.8) is 0 Å². The summed E-state index contributed by atoms with van der Waals surface area (Å²) in [5.74, 6) is 0.00463. The summed E-state index contributed by atoms with van der Waals surface area (Å²) in [6.45, 7) is 14.5. The molecule has 0 rings (SSSR count). The van der Waals surface area contributed by atoms with E-state index in [1.165, 1.54) is 71.1 Å². The molecule has 0 spiro atoms. The van der Waals surface area contributed by atoms with Gasteiger partial charge < -0.3 is 5.32 Å². The first kappa shape index (κ1) is 28.6. The molecule has 0 aliphatic heterocycles. The lowest BCUT2D eigenvalue weighted by Crippen LogP contribution is -2.11. The second-order valence-corrected chi connectivity index (χ2v) is 4.93. The second kappa shape index (κ2) is 36.6. The molecule has 1 amide bonds. The maximum absolute atomic E-state index is 9.70. The molecule has 0 radical (unpaired) electrons. The van der Waals surface area contributed by atoms with Crippen LogP contribution in [0.1, 0.15) is 113 Å². The third-order valence-electron chi connectivity index (χ3n) is 2.77. The smallest absolute Gasteiger partial charge is 0.216 e. The van der Waals surface area contributed by atoms with Crippen molar-refractivity contribution in [3.8, 4) is 0 Å². The number of carbonyl (C=O) groups is 1. The molecule has 0 fully saturated rings. The fraction of sp³-hybridized carbons (Fsp3) is 0.947. The van der Waals surface area contributed by atoms with Crippen molar-refractivity contribution in [1.82, 2.24) is 5.32 Å². The van der Waals surface area contributed by atoms with Gasteiger partial charge in [-0.2, -0.15) is 0 Å². The number of hydrogen-bond donors (Lipinski definition) is 1. The molecule has 0 aliphatic carbocycles. The number of carbonyl (C=O) groups excluding carboxylic acids is 1. The van der Waals surface area contributed by atoms with Gasteiger partial charge in [0, 0.05) is 14.0 Å². The quantitative estimate of drug-likeness (QED) is 0.495. The minimum atomic E-state index is 0.00463. The standard InChI is InChI=1S/2C7H16.C3H7NO.C2H6/c2*1-3-5-7-6-4-2;1-3(5)4-2;1-2/h2*3-7H2,1-2H3;1-2H3,(H,4,5);1-2H3. The lowest BCUT2D eigenvalue weighted by atomic mass is 10.2. The molecule has 0 unspecified atom stereocenters. The Morgan fingerprint density at radius 3 is 0.952 bits per heavy atom. The maximum Gasteiger partial charge on any atom is 0.216 e. The van der Waals surface area contributed by atoms with Crippen molar-refractivity contribution in [2.45, 2.75) is 113 Å². The van der Waals surface area contributed by atoms with Gasteiger partial charge in [0.25, 0.3) is 0 Å². The highest BCUT2D eigenvalue weighted by atomic mass is 16.1. The summed E-state index contributed by atoms with van der Waals surface area (Å²) < 4.78 is 0. The summed E-state index contributed by atoms with van der Waals surface area (Å²) in [6, 6.07) is 0. The molecule has 0 aromatic carbocycles. The Bertz CT molecular complexity index is 129. The first-order valence-corrected chi connectivity index (χ1v) is 9.28. The minimum Gasteiger partial charge on any atom is -0.359 e. The summed E-state index contributed by atoms with van der Waals surface area (Å²) in [4.78, 5) is 9.70. The van der Waals surface area contributed by atoms with Gasteiger partial charge in [-0.3, -0.25) is 4.79 Å². The fourth-order valence-corrected chi connectivity index (χ4v) is 1.35. The Morgan fingerprint density at radius 2 is 0.857 bits per heavy atom. The molecule has 2 nitrogen and oxygen atoms in total. The molecular formula is C19H45NO. The largest absolute Gasteiger partial charge is 0.359 e. The zero-order valence-corrected chi connectivity index (χ0v) is 16.5. The van der Waals surface area contributed by atoms with Crippen LogP contribution in [0.5, 0.6) is 0 Å². The highest BCUT2D eigenvalue weighted by Crippen LogP contribution is 2.00. The number of amides is 1. The third kappa shape index (κ3) is 66.3. The van der Waals surface area contributed by atoms with Gasteiger partial charge in [-0.1, -0.05) is 106 Å². The Morgan fingerprint density at radius 1 is 0.667 bits per heavy atom. The van der Waals surface area contributed by atoms with E-state index in [1.54, 1.807) is 7.05 Å². The SMILES string of the molecule is CC.CCCCCCC.CCCCCCC.CNC(C)=O. The highest BCUT2D eigenvalue weighted by Gasteiger charge is 1.80. The van der Waals surface area contributed by atoms with Crippen LogP contribution in [0.3, 0.4) is 0 Å². The first-order chi connectivity index (χ1) is 10.1. The molecule has 0 heterocycles. The van der Waals surface area contributed by atoms with Crippen molar-refractivity contribution in [1.29, 1.82) is 0 Å². The van der Waals surface area contributed by atoms with Gasteiger partial charge >= 0.3 is 0 Å². The zero-order chi connectivity index (χ0) is 17.4. The molecule has 0 aliphatic rings. The Hall–Kier alpha value is -0.530. The van der Waals surface area contributed by atoms with Gasteiger partial charge in [0.05, 0.1) is 0 Å². The molecule has 0 saturated carbocycles. The van der Waals surface area contributed by atoms with E-state index in [2.05, 4.69) is 33.0 Å². The summed E-state index contributed by atoms with van der Waals surface area (Å²) in [6.07, 6.45) is 14.0. The van der Waals surface area contributed by atoms with Crippen LogP contribution in [0.15, 0.2) is 0 Å². The van der Waals surface area contributed by atoms with E-state index in [0.29, 0.717) is 0 Å². The van der Waals surface area contributed by atoms with Crippen LogP contribution in [0.4, 0.5) is 0 Å². The molecule has 0 aromatic rings. The Kier molecular flexibility index (Phi) is 49.9. The predicted octanol–water partition coefficient (Wildman–Crippen LogP) is 6.73. The van der Waals surface area contributed by atoms with Crippen molar-refractivity contribution in [2.75, 3.05) is 7.05 Å². The van der Waals surface area contributed by atoms with Crippen LogP contribution in [0, 0.1) is 0 Å². The Labute approximate surface area is 136 Å². The predicted molar refractivity (Wildman–Crippen MR) is 100.0 cm³/mol. The van der Waals surface area contributed by atoms with E-state index in [9.17, 15) is 4.79 Å². The van der Waals surface area contributed by atoms with Crippen LogP contribution in [-0.4, -0.2) is 13.0 Å². The van der Waals surface area contributed by atoms with E-state index >= 15 is 0 Å². The Balaban J connectivity index is -0.0000000986. The third-order valence-corrected chi connectivity index (χ3v) is 2.77. The van der Waals surface area contributed by atoms with Crippen LogP contribution in [0.2, 0.25) is 0 Å². The highest BCUT2D eigenvalue weighted by molar-refractivity contribution is 5.72. The monoisotopic (exact) mass is 303 g/mol. The lowest BCUT2D eigenvalue weighted by molar-refractivity contribution is -0.118. The molecule has 0 atom stereocenters. The average molecular weight is 304 g/mol. The van der Waals surface area contributed by atoms with Crippen molar-refractivity contribution in [3.05, 3.63) is 0 Å². The minimum absolute atomic E-state index is 0.00463. The van der Waals surface area contributed by atoms with Gasteiger partial charge in [-0.05, 0) is 0 Å². The molecule has 0 bridgehead atoms. The van der Waals surface area contributed by atoms with Crippen LogP contribution in [0.25, 0.3) is 0 Å². The number of hydrogen-bond acceptors (Lipinski definition) is 1. The molecule has 1 N–H and O–H groups in total. The van der Waals surface area contributed by atoms with Gasteiger partial charge in [0.15, 0.2) is 0 Å². The van der Waals surface area contributed by atoms with Gasteiger partial charge in [-0.25, -0.2) is 0 Å². The summed E-state index contributed by atoms with van der Waals surface area (Å²) in [7, 11) is 1.60. The summed E-state index contributed by atoms with van der Waals surface area (Å²) >= 11 is 0. The van der Waals surface area contributed by atoms with Crippen molar-refractivity contribution >= 4 is 5.91 Å². The topological polar surface area (TPSA) is 29.1 Å². The molecular weight excluding hydrogens is 258 g/mol. The average Bonchev–Trinajstić information content (AvgIpc) is 2.51. The first-order valence-electron chi connectivity index (χ1n) is 9.28. The van der Waals surface area contributed by atoms with E-state index in [1.807, 2.05) is 13.8 Å². The molecule has 2 heteroatoms.